The van der Waals surface area contributed by atoms with Gasteiger partial charge in [-0.05, 0) is 46.3 Å². The van der Waals surface area contributed by atoms with E-state index in [2.05, 4.69) is 25.6 Å². The van der Waals surface area contributed by atoms with Gasteiger partial charge in [0.25, 0.3) is 0 Å². The number of hydrogen-bond donors (Lipinski definition) is 2. The van der Waals surface area contributed by atoms with Crippen LogP contribution in [0, 0.1) is 5.82 Å². The van der Waals surface area contributed by atoms with Gasteiger partial charge in [0.05, 0.1) is 21.6 Å². The highest BCUT2D eigenvalue weighted by molar-refractivity contribution is 6.34. The maximum Gasteiger partial charge on any atom is 0.204 e. The Labute approximate surface area is 184 Å². The highest BCUT2D eigenvalue weighted by Gasteiger charge is 2.18. The minimum Gasteiger partial charge on any atom is -0.337 e. The van der Waals surface area contributed by atoms with Gasteiger partial charge in [-0.2, -0.15) is 5.21 Å². The van der Waals surface area contributed by atoms with E-state index in [9.17, 15) is 4.39 Å². The summed E-state index contributed by atoms with van der Waals surface area (Å²) >= 11 is 12.6. The first-order chi connectivity index (χ1) is 15.1. The number of fused-ring (bicyclic) bond motifs is 6. The van der Waals surface area contributed by atoms with Crippen LogP contribution in [0.3, 0.4) is 0 Å². The molecule has 0 fully saturated rings. The topological polar surface area (TPSA) is 83.1 Å². The molecule has 0 aliphatic carbocycles. The van der Waals surface area contributed by atoms with Gasteiger partial charge < -0.3 is 4.98 Å². The van der Waals surface area contributed by atoms with Crippen molar-refractivity contribution in [2.75, 3.05) is 0 Å². The number of aromatic amines is 2. The van der Waals surface area contributed by atoms with Gasteiger partial charge >= 0.3 is 0 Å². The zero-order valence-corrected chi connectivity index (χ0v) is 17.1. The predicted octanol–water partition coefficient (Wildman–Crippen LogP) is 6.16. The Morgan fingerprint density at radius 1 is 0.871 bits per heavy atom. The first kappa shape index (κ1) is 18.2. The van der Waals surface area contributed by atoms with Crippen molar-refractivity contribution in [1.29, 1.82) is 0 Å². The third-order valence-electron chi connectivity index (χ3n) is 5.32. The fourth-order valence-electron chi connectivity index (χ4n) is 3.96. The molecule has 9 heteroatoms. The molecular formula is C22H11Cl2FN6. The molecule has 0 saturated heterocycles. The molecule has 6 rings (SSSR count). The van der Waals surface area contributed by atoms with Crippen molar-refractivity contribution in [3.63, 3.8) is 0 Å². The SMILES string of the molecule is Fc1cccc(Cl)c1-c1nc2c3ccc(-c4nn[nH]n4)cc3c3cc(Cl)ccc3c2[nH]1. The van der Waals surface area contributed by atoms with E-state index >= 15 is 0 Å². The second-order valence-corrected chi connectivity index (χ2v) is 7.93. The molecule has 31 heavy (non-hydrogen) atoms. The zero-order valence-electron chi connectivity index (χ0n) is 15.6. The lowest BCUT2D eigenvalue weighted by Gasteiger charge is -2.08. The van der Waals surface area contributed by atoms with E-state index in [0.717, 1.165) is 32.6 Å². The molecule has 0 saturated carbocycles. The highest BCUT2D eigenvalue weighted by atomic mass is 35.5. The van der Waals surface area contributed by atoms with Crippen LogP contribution in [0.4, 0.5) is 4.39 Å². The summed E-state index contributed by atoms with van der Waals surface area (Å²) < 4.78 is 14.6. The molecule has 150 valence electrons. The van der Waals surface area contributed by atoms with Crippen LogP contribution in [-0.2, 0) is 0 Å². The van der Waals surface area contributed by atoms with Crippen molar-refractivity contribution in [1.82, 2.24) is 30.6 Å². The van der Waals surface area contributed by atoms with Crippen molar-refractivity contribution in [3.05, 3.63) is 70.5 Å². The fraction of sp³-hybridized carbons (Fsp3) is 0. The number of nitrogens with one attached hydrogen (secondary N) is 2. The second kappa shape index (κ2) is 6.73. The van der Waals surface area contributed by atoms with Crippen LogP contribution in [-0.4, -0.2) is 30.6 Å². The Morgan fingerprint density at radius 3 is 2.52 bits per heavy atom. The van der Waals surface area contributed by atoms with Crippen LogP contribution < -0.4 is 0 Å². The fourth-order valence-corrected chi connectivity index (χ4v) is 4.38. The van der Waals surface area contributed by atoms with Crippen molar-refractivity contribution in [2.24, 2.45) is 0 Å². The van der Waals surface area contributed by atoms with Gasteiger partial charge in [0.15, 0.2) is 0 Å². The summed E-state index contributed by atoms with van der Waals surface area (Å²) in [5, 5.41) is 18.8. The summed E-state index contributed by atoms with van der Waals surface area (Å²) in [5.41, 5.74) is 2.52. The molecule has 6 nitrogen and oxygen atoms in total. The molecule has 0 bridgehead atoms. The largest absolute Gasteiger partial charge is 0.337 e. The molecular weight excluding hydrogens is 438 g/mol. The molecule has 6 aromatic rings. The van der Waals surface area contributed by atoms with E-state index in [1.165, 1.54) is 6.07 Å². The summed E-state index contributed by atoms with van der Waals surface area (Å²) in [5.74, 6) is 0.407. The average molecular weight is 449 g/mol. The number of H-pyrrole nitrogens is 2. The van der Waals surface area contributed by atoms with Crippen LogP contribution in [0.25, 0.3) is 55.4 Å². The van der Waals surface area contributed by atoms with Crippen LogP contribution >= 0.6 is 23.2 Å². The van der Waals surface area contributed by atoms with E-state index in [1.807, 2.05) is 36.4 Å². The van der Waals surface area contributed by atoms with Gasteiger partial charge in [0.2, 0.25) is 5.82 Å². The van der Waals surface area contributed by atoms with E-state index in [4.69, 9.17) is 28.2 Å². The minimum absolute atomic E-state index is 0.235. The first-order valence-corrected chi connectivity index (χ1v) is 10.1. The number of tetrazole rings is 1. The molecule has 0 aliphatic rings. The maximum absolute atomic E-state index is 14.6. The number of hydrogen-bond acceptors (Lipinski definition) is 4. The van der Waals surface area contributed by atoms with E-state index in [-0.39, 0.29) is 10.6 Å². The number of benzene rings is 4. The molecule has 0 radical (unpaired) electrons. The average Bonchev–Trinajstić information content (AvgIpc) is 3.44. The summed E-state index contributed by atoms with van der Waals surface area (Å²) in [7, 11) is 0. The minimum atomic E-state index is -0.442. The van der Waals surface area contributed by atoms with E-state index in [1.54, 1.807) is 12.1 Å². The van der Waals surface area contributed by atoms with Crippen molar-refractivity contribution < 1.29 is 4.39 Å². The Hall–Kier alpha value is -3.55. The van der Waals surface area contributed by atoms with Crippen LogP contribution in [0.2, 0.25) is 10.0 Å². The van der Waals surface area contributed by atoms with Gasteiger partial charge in [-0.25, -0.2) is 9.37 Å². The van der Waals surface area contributed by atoms with Crippen LogP contribution in [0.15, 0.2) is 54.6 Å². The Bertz CT molecular complexity index is 1600. The smallest absolute Gasteiger partial charge is 0.204 e. The Morgan fingerprint density at radius 2 is 1.71 bits per heavy atom. The zero-order chi connectivity index (χ0) is 21.1. The molecule has 2 N–H and O–H groups in total. The van der Waals surface area contributed by atoms with Gasteiger partial charge in [-0.1, -0.05) is 47.5 Å². The lowest BCUT2D eigenvalue weighted by atomic mass is 9.98. The number of nitrogens with zero attached hydrogens (tertiary/aromatic N) is 4. The summed E-state index contributed by atoms with van der Waals surface area (Å²) in [6.45, 7) is 0. The second-order valence-electron chi connectivity index (χ2n) is 7.09. The van der Waals surface area contributed by atoms with Gasteiger partial charge in [0, 0.05) is 21.4 Å². The van der Waals surface area contributed by atoms with Crippen molar-refractivity contribution in [3.8, 4) is 22.8 Å². The van der Waals surface area contributed by atoms with E-state index < -0.39 is 5.82 Å². The Balaban J connectivity index is 1.74. The lowest BCUT2D eigenvalue weighted by Crippen LogP contribution is -1.87. The quantitative estimate of drug-likeness (QED) is 0.310. The van der Waals surface area contributed by atoms with Crippen molar-refractivity contribution >= 4 is 55.8 Å². The molecule has 0 spiro atoms. The summed E-state index contributed by atoms with van der Waals surface area (Å²) in [6.07, 6.45) is 0. The summed E-state index contributed by atoms with van der Waals surface area (Å²) in [4.78, 5) is 8.01. The Kier molecular flexibility index (Phi) is 3.96. The monoisotopic (exact) mass is 448 g/mol. The van der Waals surface area contributed by atoms with Gasteiger partial charge in [-0.15, -0.1) is 10.2 Å². The van der Waals surface area contributed by atoms with Crippen LogP contribution in [0.5, 0.6) is 0 Å². The third-order valence-corrected chi connectivity index (χ3v) is 5.87. The molecule has 0 unspecified atom stereocenters. The van der Waals surface area contributed by atoms with Gasteiger partial charge in [-0.3, -0.25) is 0 Å². The lowest BCUT2D eigenvalue weighted by molar-refractivity contribution is 0.630. The highest BCUT2D eigenvalue weighted by Crippen LogP contribution is 2.39. The molecule has 0 amide bonds. The maximum atomic E-state index is 14.6. The molecule has 2 aromatic heterocycles. The standard InChI is InChI=1S/C22H11Cl2FN6/c23-11-5-7-13-15(9-11)14-8-10(21-28-30-31-29-21)4-6-12(14)19-20(13)27-22(26-19)18-16(24)2-1-3-17(18)25/h1-9H,(H,26,27)(H,28,29,30,31). The third kappa shape index (κ3) is 2.78. The molecule has 0 aliphatic heterocycles. The number of imidazole rings is 1. The predicted molar refractivity (Wildman–Crippen MR) is 120 cm³/mol. The molecule has 2 heterocycles. The number of rotatable bonds is 2. The molecule has 4 aromatic carbocycles. The number of halogens is 3. The summed E-state index contributed by atoms with van der Waals surface area (Å²) in [6, 6.07) is 16.0. The van der Waals surface area contributed by atoms with Crippen molar-refractivity contribution in [2.45, 2.75) is 0 Å². The van der Waals surface area contributed by atoms with Gasteiger partial charge in [0.1, 0.15) is 11.6 Å². The van der Waals surface area contributed by atoms with E-state index in [0.29, 0.717) is 22.2 Å². The normalized spacial score (nSPS) is 11.7. The van der Waals surface area contributed by atoms with Crippen LogP contribution in [0.1, 0.15) is 0 Å². The first-order valence-electron chi connectivity index (χ1n) is 9.33. The number of aromatic nitrogens is 6. The molecule has 0 atom stereocenters.